The standard InChI is InChI=1S/C15H20N2O2/c1-14(2)15(3,4)19-17(18-14)13-10-16(5)12-9-7-6-8-11(12)13/h6-10H,1-5H3. The van der Waals surface area contributed by atoms with Gasteiger partial charge in [-0.1, -0.05) is 18.2 Å². The fourth-order valence-corrected chi connectivity index (χ4v) is 2.22. The number of nitrogens with zero attached hydrogens (tertiary/aromatic N) is 2. The molecule has 0 N–H and O–H groups in total. The minimum atomic E-state index is -0.371. The lowest BCUT2D eigenvalue weighted by molar-refractivity contribution is -0.0266. The Hall–Kier alpha value is -1.52. The molecule has 0 bridgehead atoms. The molecule has 102 valence electrons. The Morgan fingerprint density at radius 3 is 2.16 bits per heavy atom. The molecule has 0 aliphatic carbocycles. The van der Waals surface area contributed by atoms with Crippen LogP contribution in [-0.2, 0) is 16.7 Å². The number of para-hydroxylation sites is 1. The summed E-state index contributed by atoms with van der Waals surface area (Å²) in [6, 6.07) is 8.23. The van der Waals surface area contributed by atoms with E-state index in [1.165, 1.54) is 0 Å². The summed E-state index contributed by atoms with van der Waals surface area (Å²) >= 11 is 0. The molecular formula is C15H20N2O2. The summed E-state index contributed by atoms with van der Waals surface area (Å²) < 4.78 is 2.08. The quantitative estimate of drug-likeness (QED) is 0.786. The summed E-state index contributed by atoms with van der Waals surface area (Å²) in [7, 11) is 2.03. The molecule has 0 saturated carbocycles. The zero-order chi connectivity index (χ0) is 13.8. The molecule has 1 aliphatic rings. The van der Waals surface area contributed by atoms with Crippen LogP contribution in [0.25, 0.3) is 10.9 Å². The van der Waals surface area contributed by atoms with Gasteiger partial charge < -0.3 is 4.57 Å². The van der Waals surface area contributed by atoms with Gasteiger partial charge in [0, 0.05) is 18.6 Å². The van der Waals surface area contributed by atoms with Crippen molar-refractivity contribution in [2.24, 2.45) is 7.05 Å². The van der Waals surface area contributed by atoms with E-state index in [0.717, 1.165) is 16.6 Å². The van der Waals surface area contributed by atoms with Crippen molar-refractivity contribution in [1.29, 1.82) is 0 Å². The Morgan fingerprint density at radius 1 is 0.947 bits per heavy atom. The molecule has 1 aromatic carbocycles. The molecule has 2 heterocycles. The minimum Gasteiger partial charge on any atom is -0.348 e. The zero-order valence-electron chi connectivity index (χ0n) is 12.1. The molecule has 0 amide bonds. The van der Waals surface area contributed by atoms with Crippen molar-refractivity contribution in [3.05, 3.63) is 30.5 Å². The summed E-state index contributed by atoms with van der Waals surface area (Å²) in [5, 5.41) is 2.68. The Labute approximate surface area is 113 Å². The van der Waals surface area contributed by atoms with Crippen molar-refractivity contribution in [3.63, 3.8) is 0 Å². The lowest BCUT2D eigenvalue weighted by Crippen LogP contribution is -2.41. The normalized spacial score (nSPS) is 21.2. The minimum absolute atomic E-state index is 0.371. The molecule has 3 rings (SSSR count). The molecule has 0 unspecified atom stereocenters. The number of aromatic nitrogens is 1. The molecule has 2 aromatic rings. The number of fused-ring (bicyclic) bond motifs is 1. The Morgan fingerprint density at radius 2 is 1.53 bits per heavy atom. The van der Waals surface area contributed by atoms with Gasteiger partial charge in [-0.25, -0.2) is 9.68 Å². The van der Waals surface area contributed by atoms with Crippen LogP contribution in [0.2, 0.25) is 0 Å². The Balaban J connectivity index is 2.08. The van der Waals surface area contributed by atoms with Gasteiger partial charge in [0.15, 0.2) is 0 Å². The average Bonchev–Trinajstić information content (AvgIpc) is 2.76. The summed E-state index contributed by atoms with van der Waals surface area (Å²) in [5.41, 5.74) is 1.36. The third kappa shape index (κ3) is 1.75. The van der Waals surface area contributed by atoms with Crippen LogP contribution in [0.3, 0.4) is 0 Å². The van der Waals surface area contributed by atoms with E-state index in [1.54, 1.807) is 5.23 Å². The second-order valence-corrected chi connectivity index (χ2v) is 6.10. The van der Waals surface area contributed by atoms with E-state index in [2.05, 4.69) is 16.7 Å². The van der Waals surface area contributed by atoms with Gasteiger partial charge in [-0.15, -0.1) is 5.23 Å². The van der Waals surface area contributed by atoms with Crippen molar-refractivity contribution in [2.75, 3.05) is 5.23 Å². The number of hydrogen-bond donors (Lipinski definition) is 0. The van der Waals surface area contributed by atoms with Gasteiger partial charge in [-0.3, -0.25) is 0 Å². The van der Waals surface area contributed by atoms with Gasteiger partial charge in [-0.2, -0.15) is 0 Å². The molecule has 0 atom stereocenters. The van der Waals surface area contributed by atoms with Crippen LogP contribution < -0.4 is 5.23 Å². The first-order valence-electron chi connectivity index (χ1n) is 6.54. The van der Waals surface area contributed by atoms with Crippen LogP contribution in [0.1, 0.15) is 27.7 Å². The molecular weight excluding hydrogens is 240 g/mol. The predicted molar refractivity (Wildman–Crippen MR) is 75.7 cm³/mol. The first-order valence-corrected chi connectivity index (χ1v) is 6.54. The van der Waals surface area contributed by atoms with E-state index >= 15 is 0 Å². The maximum atomic E-state index is 5.97. The van der Waals surface area contributed by atoms with E-state index in [-0.39, 0.29) is 11.2 Å². The van der Waals surface area contributed by atoms with E-state index < -0.39 is 0 Å². The molecule has 1 fully saturated rings. The van der Waals surface area contributed by atoms with Crippen LogP contribution in [0.4, 0.5) is 5.69 Å². The molecule has 1 aliphatic heterocycles. The van der Waals surface area contributed by atoms with Crippen molar-refractivity contribution >= 4 is 16.6 Å². The van der Waals surface area contributed by atoms with E-state index in [0.29, 0.717) is 0 Å². The highest BCUT2D eigenvalue weighted by atomic mass is 17.0. The highest BCUT2D eigenvalue weighted by Crippen LogP contribution is 2.42. The first kappa shape index (κ1) is 12.5. The molecule has 1 saturated heterocycles. The van der Waals surface area contributed by atoms with Crippen molar-refractivity contribution in [3.8, 4) is 0 Å². The van der Waals surface area contributed by atoms with E-state index in [4.69, 9.17) is 9.68 Å². The third-order valence-corrected chi connectivity index (χ3v) is 4.14. The smallest absolute Gasteiger partial charge is 0.124 e. The second-order valence-electron chi connectivity index (χ2n) is 6.10. The van der Waals surface area contributed by atoms with Crippen molar-refractivity contribution in [1.82, 2.24) is 4.57 Å². The fraction of sp³-hybridized carbons (Fsp3) is 0.467. The summed E-state index contributed by atoms with van der Waals surface area (Å²) in [6.07, 6.45) is 2.03. The highest BCUT2D eigenvalue weighted by Gasteiger charge is 2.50. The lowest BCUT2D eigenvalue weighted by atomic mass is 9.90. The largest absolute Gasteiger partial charge is 0.348 e. The van der Waals surface area contributed by atoms with Gasteiger partial charge in [0.25, 0.3) is 0 Å². The summed E-state index contributed by atoms with van der Waals surface area (Å²) in [5.74, 6) is 0. The molecule has 1 aromatic heterocycles. The fourth-order valence-electron chi connectivity index (χ4n) is 2.22. The van der Waals surface area contributed by atoms with Gasteiger partial charge in [-0.05, 0) is 33.8 Å². The Bertz CT molecular complexity index is 612. The van der Waals surface area contributed by atoms with Gasteiger partial charge >= 0.3 is 0 Å². The second kappa shape index (κ2) is 3.74. The van der Waals surface area contributed by atoms with Crippen LogP contribution in [0.15, 0.2) is 30.5 Å². The van der Waals surface area contributed by atoms with Crippen LogP contribution in [0.5, 0.6) is 0 Å². The topological polar surface area (TPSA) is 26.6 Å². The monoisotopic (exact) mass is 260 g/mol. The number of rotatable bonds is 1. The number of anilines is 1. The highest BCUT2D eigenvalue weighted by molar-refractivity contribution is 5.92. The van der Waals surface area contributed by atoms with E-state index in [9.17, 15) is 0 Å². The van der Waals surface area contributed by atoms with Crippen LogP contribution >= 0.6 is 0 Å². The molecule has 0 radical (unpaired) electrons. The van der Waals surface area contributed by atoms with Gasteiger partial charge in [0.05, 0.1) is 5.52 Å². The van der Waals surface area contributed by atoms with Crippen molar-refractivity contribution < 1.29 is 9.68 Å². The maximum Gasteiger partial charge on any atom is 0.124 e. The van der Waals surface area contributed by atoms with E-state index in [1.807, 2.05) is 53.1 Å². The van der Waals surface area contributed by atoms with Crippen molar-refractivity contribution in [2.45, 2.75) is 38.9 Å². The SMILES string of the molecule is Cn1cc(N2OC(C)(C)C(C)(C)O2)c2ccccc21. The first-order chi connectivity index (χ1) is 8.82. The Kier molecular flexibility index (Phi) is 2.46. The molecule has 19 heavy (non-hydrogen) atoms. The van der Waals surface area contributed by atoms with Crippen LogP contribution in [-0.4, -0.2) is 15.8 Å². The molecule has 0 spiro atoms. The summed E-state index contributed by atoms with van der Waals surface area (Å²) in [4.78, 5) is 11.9. The number of benzene rings is 1. The average molecular weight is 260 g/mol. The third-order valence-electron chi connectivity index (χ3n) is 4.14. The molecule has 4 nitrogen and oxygen atoms in total. The van der Waals surface area contributed by atoms with Gasteiger partial charge in [0.2, 0.25) is 0 Å². The zero-order valence-corrected chi connectivity index (χ0v) is 12.1. The van der Waals surface area contributed by atoms with Crippen LogP contribution in [0, 0.1) is 0 Å². The number of aryl methyl sites for hydroxylation is 1. The number of hydrogen-bond acceptors (Lipinski definition) is 3. The van der Waals surface area contributed by atoms with Gasteiger partial charge in [0.1, 0.15) is 16.9 Å². The molecule has 4 heteroatoms. The lowest BCUT2D eigenvalue weighted by Gasteiger charge is -2.26. The predicted octanol–water partition coefficient (Wildman–Crippen LogP) is 3.42. The summed E-state index contributed by atoms with van der Waals surface area (Å²) in [6.45, 7) is 8.16. The maximum absolute atomic E-state index is 5.97.